The van der Waals surface area contributed by atoms with Gasteiger partial charge in [0.25, 0.3) is 11.4 Å². The molecule has 0 atom stereocenters. The Bertz CT molecular complexity index is 1400. The summed E-state index contributed by atoms with van der Waals surface area (Å²) in [4.78, 5) is 23.1. The Hall–Kier alpha value is -4.27. The van der Waals surface area contributed by atoms with E-state index in [2.05, 4.69) is 29.5 Å². The molecular formula is C31H39N3O6. The molecule has 9 heteroatoms. The number of aromatic amines is 1. The summed E-state index contributed by atoms with van der Waals surface area (Å²) in [6.07, 6.45) is -0.467. The highest BCUT2D eigenvalue weighted by Gasteiger charge is 2.22. The Kier molecular flexibility index (Phi) is 10.4. The van der Waals surface area contributed by atoms with Crippen LogP contribution in [-0.4, -0.2) is 35.2 Å². The summed E-state index contributed by atoms with van der Waals surface area (Å²) in [7, 11) is 0. The third-order valence-electron chi connectivity index (χ3n) is 5.67. The molecule has 0 aliphatic rings. The molecule has 0 fully saturated rings. The van der Waals surface area contributed by atoms with Gasteiger partial charge in [0.15, 0.2) is 11.5 Å². The highest BCUT2D eigenvalue weighted by atomic mass is 16.6. The molecule has 2 heterocycles. The van der Waals surface area contributed by atoms with Crippen molar-refractivity contribution in [2.24, 2.45) is 0 Å². The Morgan fingerprint density at radius 1 is 0.900 bits per heavy atom. The predicted octanol–water partition coefficient (Wildman–Crippen LogP) is 7.13. The van der Waals surface area contributed by atoms with Gasteiger partial charge in [-0.2, -0.15) is 5.16 Å². The molecule has 0 saturated heterocycles. The molecule has 214 valence electrons. The summed E-state index contributed by atoms with van der Waals surface area (Å²) in [5, 5.41) is 9.09. The van der Waals surface area contributed by atoms with Gasteiger partial charge in [-0.1, -0.05) is 88.4 Å². The first kappa shape index (κ1) is 30.3. The van der Waals surface area contributed by atoms with Gasteiger partial charge in [-0.05, 0) is 37.8 Å². The SMILES string of the molecule is CC(C)c1c(-c2ccccc2)o[nH]c1=O.CC(C)c1c(OCCNC(=O)OC(C)(C)C)noc1-c1ccccc1. The monoisotopic (exact) mass is 549 g/mol. The van der Waals surface area contributed by atoms with Crippen molar-refractivity contribution in [2.75, 3.05) is 13.2 Å². The molecule has 1 amide bonds. The largest absolute Gasteiger partial charge is 0.473 e. The molecule has 4 aromatic rings. The second-order valence-electron chi connectivity index (χ2n) is 10.8. The van der Waals surface area contributed by atoms with Crippen LogP contribution < -0.4 is 15.6 Å². The molecule has 0 spiro atoms. The van der Waals surface area contributed by atoms with Crippen molar-refractivity contribution in [1.82, 2.24) is 15.6 Å². The normalized spacial score (nSPS) is 11.2. The molecule has 2 aromatic heterocycles. The number of aromatic nitrogens is 2. The van der Waals surface area contributed by atoms with Crippen LogP contribution in [0.5, 0.6) is 5.88 Å². The second kappa shape index (κ2) is 13.7. The predicted molar refractivity (Wildman–Crippen MR) is 155 cm³/mol. The molecule has 2 aromatic carbocycles. The minimum Gasteiger partial charge on any atom is -0.473 e. The van der Waals surface area contributed by atoms with E-state index in [1.807, 2.05) is 95.3 Å². The first-order chi connectivity index (χ1) is 19.0. The molecule has 0 unspecified atom stereocenters. The smallest absolute Gasteiger partial charge is 0.407 e. The fourth-order valence-electron chi connectivity index (χ4n) is 3.95. The van der Waals surface area contributed by atoms with Gasteiger partial charge in [0.05, 0.1) is 17.7 Å². The summed E-state index contributed by atoms with van der Waals surface area (Å²) in [6, 6.07) is 19.4. The van der Waals surface area contributed by atoms with E-state index < -0.39 is 11.7 Å². The average Bonchev–Trinajstić information content (AvgIpc) is 3.51. The molecule has 9 nitrogen and oxygen atoms in total. The topological polar surface area (TPSA) is 120 Å². The Morgan fingerprint density at radius 2 is 1.45 bits per heavy atom. The number of amides is 1. The zero-order valence-electron chi connectivity index (χ0n) is 24.2. The van der Waals surface area contributed by atoms with Gasteiger partial charge in [0, 0.05) is 11.1 Å². The zero-order chi connectivity index (χ0) is 29.3. The van der Waals surface area contributed by atoms with Crippen LogP contribution in [0.2, 0.25) is 0 Å². The van der Waals surface area contributed by atoms with Crippen LogP contribution in [0.15, 0.2) is 74.5 Å². The van der Waals surface area contributed by atoms with Gasteiger partial charge >= 0.3 is 6.09 Å². The van der Waals surface area contributed by atoms with Crippen LogP contribution in [0, 0.1) is 0 Å². The summed E-state index contributed by atoms with van der Waals surface area (Å²) < 4.78 is 21.6. The Balaban J connectivity index is 0.000000249. The van der Waals surface area contributed by atoms with E-state index in [0.717, 1.165) is 16.7 Å². The maximum absolute atomic E-state index is 11.6. The highest BCUT2D eigenvalue weighted by molar-refractivity contribution is 5.67. The quantitative estimate of drug-likeness (QED) is 0.224. The van der Waals surface area contributed by atoms with E-state index in [4.69, 9.17) is 18.5 Å². The summed E-state index contributed by atoms with van der Waals surface area (Å²) >= 11 is 0. The second-order valence-corrected chi connectivity index (χ2v) is 10.8. The lowest BCUT2D eigenvalue weighted by atomic mass is 10.00. The highest BCUT2D eigenvalue weighted by Crippen LogP contribution is 2.36. The number of nitrogens with zero attached hydrogens (tertiary/aromatic N) is 1. The molecule has 40 heavy (non-hydrogen) atoms. The van der Waals surface area contributed by atoms with E-state index in [-0.39, 0.29) is 24.0 Å². The van der Waals surface area contributed by atoms with Crippen LogP contribution in [0.25, 0.3) is 22.6 Å². The molecule has 0 aliphatic heterocycles. The van der Waals surface area contributed by atoms with Crippen molar-refractivity contribution in [3.63, 3.8) is 0 Å². The number of rotatable bonds is 8. The first-order valence-electron chi connectivity index (χ1n) is 13.4. The van der Waals surface area contributed by atoms with E-state index in [0.29, 0.717) is 29.5 Å². The van der Waals surface area contributed by atoms with E-state index in [9.17, 15) is 9.59 Å². The molecule has 0 bridgehead atoms. The number of carbonyl (C=O) groups is 1. The van der Waals surface area contributed by atoms with Gasteiger partial charge in [0.2, 0.25) is 0 Å². The molecule has 4 rings (SSSR count). The number of hydrogen-bond acceptors (Lipinski definition) is 7. The van der Waals surface area contributed by atoms with Gasteiger partial charge in [-0.15, -0.1) is 0 Å². The molecule has 0 saturated carbocycles. The third kappa shape index (κ3) is 8.36. The van der Waals surface area contributed by atoms with Crippen LogP contribution in [-0.2, 0) is 4.74 Å². The first-order valence-corrected chi connectivity index (χ1v) is 13.4. The van der Waals surface area contributed by atoms with Crippen molar-refractivity contribution in [1.29, 1.82) is 0 Å². The van der Waals surface area contributed by atoms with Crippen molar-refractivity contribution in [3.05, 3.63) is 82.1 Å². The Labute approximate surface area is 234 Å². The van der Waals surface area contributed by atoms with Crippen LogP contribution >= 0.6 is 0 Å². The molecule has 0 radical (unpaired) electrons. The summed E-state index contributed by atoms with van der Waals surface area (Å²) in [6.45, 7) is 14.1. The molecule has 0 aliphatic carbocycles. The lowest BCUT2D eigenvalue weighted by molar-refractivity contribution is 0.0519. The minimum atomic E-state index is -0.521. The third-order valence-corrected chi connectivity index (χ3v) is 5.67. The van der Waals surface area contributed by atoms with Crippen LogP contribution in [0.1, 0.15) is 71.4 Å². The fraction of sp³-hybridized carbons (Fsp3) is 0.387. The zero-order valence-corrected chi connectivity index (χ0v) is 24.2. The van der Waals surface area contributed by atoms with Crippen molar-refractivity contribution < 1.29 is 23.3 Å². The van der Waals surface area contributed by atoms with Crippen LogP contribution in [0.3, 0.4) is 0 Å². The fourth-order valence-corrected chi connectivity index (χ4v) is 3.95. The number of alkyl carbamates (subject to hydrolysis) is 1. The van der Waals surface area contributed by atoms with Crippen molar-refractivity contribution in [3.8, 4) is 28.5 Å². The Morgan fingerprint density at radius 3 is 1.98 bits per heavy atom. The van der Waals surface area contributed by atoms with E-state index in [1.165, 1.54) is 0 Å². The van der Waals surface area contributed by atoms with Crippen LogP contribution in [0.4, 0.5) is 4.79 Å². The van der Waals surface area contributed by atoms with E-state index >= 15 is 0 Å². The number of carbonyl (C=O) groups excluding carboxylic acids is 1. The number of hydrogen-bond donors (Lipinski definition) is 2. The lowest BCUT2D eigenvalue weighted by Crippen LogP contribution is -2.34. The standard InChI is InChI=1S/C19H26N2O4.C12H13NO2/c1-13(2)15-16(14-9-7-6-8-10-14)25-21-17(15)23-12-11-20-18(22)24-19(3,4)5;1-8(2)10-11(15-13-12(10)14)9-6-4-3-5-7-9/h6-10,13H,11-12H2,1-5H3,(H,20,22);3-8H,1-2H3,(H,13,14). The van der Waals surface area contributed by atoms with Crippen molar-refractivity contribution >= 4 is 6.09 Å². The number of benzene rings is 2. The molecule has 2 N–H and O–H groups in total. The van der Waals surface area contributed by atoms with E-state index in [1.54, 1.807) is 0 Å². The maximum atomic E-state index is 11.6. The van der Waals surface area contributed by atoms with Gasteiger partial charge in [-0.25, -0.2) is 4.79 Å². The number of ether oxygens (including phenoxy) is 2. The number of nitrogens with one attached hydrogen (secondary N) is 2. The average molecular weight is 550 g/mol. The summed E-state index contributed by atoms with van der Waals surface area (Å²) in [5.41, 5.74) is 2.86. The van der Waals surface area contributed by atoms with Crippen molar-refractivity contribution in [2.45, 2.75) is 65.9 Å². The maximum Gasteiger partial charge on any atom is 0.407 e. The lowest BCUT2D eigenvalue weighted by Gasteiger charge is -2.19. The van der Waals surface area contributed by atoms with Gasteiger partial charge in [0.1, 0.15) is 12.2 Å². The summed E-state index contributed by atoms with van der Waals surface area (Å²) in [5.74, 6) is 2.17. The number of H-pyrrole nitrogens is 1. The van der Waals surface area contributed by atoms with Gasteiger partial charge in [-0.3, -0.25) is 4.79 Å². The minimum absolute atomic E-state index is 0.135. The molecular weight excluding hydrogens is 510 g/mol. The van der Waals surface area contributed by atoms with Gasteiger partial charge < -0.3 is 23.8 Å².